The van der Waals surface area contributed by atoms with E-state index in [1.54, 1.807) is 0 Å². The molecule has 1 N–H and O–H groups in total. The van der Waals surface area contributed by atoms with Gasteiger partial charge >= 0.3 is 8.56 Å². The lowest BCUT2D eigenvalue weighted by Gasteiger charge is -2.32. The van der Waals surface area contributed by atoms with Crippen LogP contribution in [0, 0.1) is 0 Å². The lowest BCUT2D eigenvalue weighted by Crippen LogP contribution is -2.50. The summed E-state index contributed by atoms with van der Waals surface area (Å²) in [5.74, 6) is 0. The van der Waals surface area contributed by atoms with Crippen LogP contribution >= 0.6 is 12.6 Å². The monoisotopic (exact) mass is 192 g/mol. The molecule has 2 nitrogen and oxygen atoms in total. The summed E-state index contributed by atoms with van der Waals surface area (Å²) in [4.78, 5) is 10.1. The van der Waals surface area contributed by atoms with Gasteiger partial charge in [-0.2, -0.15) is 12.6 Å². The first-order chi connectivity index (χ1) is 5.19. The fourth-order valence-corrected chi connectivity index (χ4v) is 4.56. The van der Waals surface area contributed by atoms with Crippen molar-refractivity contribution in [2.24, 2.45) is 0 Å². The van der Waals surface area contributed by atoms with Crippen molar-refractivity contribution in [3.63, 3.8) is 0 Å². The van der Waals surface area contributed by atoms with Crippen molar-refractivity contribution < 1.29 is 9.22 Å². The minimum atomic E-state index is -2.38. The molecule has 1 rings (SSSR count). The van der Waals surface area contributed by atoms with E-state index in [2.05, 4.69) is 12.6 Å². The molecule has 66 valence electrons. The fraction of sp³-hybridized carbons (Fsp3) is 1.00. The first-order valence-corrected chi connectivity index (χ1v) is 6.89. The van der Waals surface area contributed by atoms with Crippen LogP contribution in [0.25, 0.3) is 0 Å². The minimum Gasteiger partial charge on any atom is -0.410 e. The van der Waals surface area contributed by atoms with Crippen molar-refractivity contribution in [2.75, 3.05) is 6.61 Å². The molecule has 0 aromatic rings. The number of rotatable bonds is 2. The van der Waals surface area contributed by atoms with E-state index < -0.39 is 8.56 Å². The molecule has 0 spiro atoms. The molecular formula is C7H16O2SSi. The molecule has 0 saturated carbocycles. The van der Waals surface area contributed by atoms with Gasteiger partial charge in [-0.1, -0.05) is 6.92 Å². The van der Waals surface area contributed by atoms with Crippen molar-refractivity contribution in [2.45, 2.75) is 37.1 Å². The molecule has 1 aliphatic rings. The summed E-state index contributed by atoms with van der Waals surface area (Å²) in [6.07, 6.45) is 3.12. The van der Waals surface area contributed by atoms with Crippen molar-refractivity contribution in [1.82, 2.24) is 0 Å². The van der Waals surface area contributed by atoms with Gasteiger partial charge in [-0.05, 0) is 25.3 Å². The van der Waals surface area contributed by atoms with E-state index >= 15 is 0 Å². The highest BCUT2D eigenvalue weighted by atomic mass is 32.1. The average Bonchev–Trinajstić information content (AvgIpc) is 2.04. The second kappa shape index (κ2) is 3.94. The minimum absolute atomic E-state index is 0.0998. The smallest absolute Gasteiger partial charge is 0.348 e. The highest BCUT2D eigenvalue weighted by molar-refractivity contribution is 7.83. The van der Waals surface area contributed by atoms with Crippen molar-refractivity contribution in [1.29, 1.82) is 0 Å². The maximum Gasteiger partial charge on any atom is 0.348 e. The predicted molar refractivity (Wildman–Crippen MR) is 51.0 cm³/mol. The lowest BCUT2D eigenvalue weighted by molar-refractivity contribution is 0.199. The average molecular weight is 192 g/mol. The van der Waals surface area contributed by atoms with Gasteiger partial charge in [-0.15, -0.1) is 0 Å². The highest BCUT2D eigenvalue weighted by Gasteiger charge is 2.41. The van der Waals surface area contributed by atoms with Crippen LogP contribution in [0.15, 0.2) is 0 Å². The summed E-state index contributed by atoms with van der Waals surface area (Å²) in [6.45, 7) is 2.78. The first kappa shape index (κ1) is 9.57. The summed E-state index contributed by atoms with van der Waals surface area (Å²) in [5, 5.41) is 0. The maximum atomic E-state index is 9.98. The van der Waals surface area contributed by atoms with Gasteiger partial charge in [0.05, 0.1) is 0 Å². The fourth-order valence-electron chi connectivity index (χ4n) is 1.38. The molecule has 0 aromatic heterocycles. The zero-order chi connectivity index (χ0) is 8.32. The first-order valence-electron chi connectivity index (χ1n) is 4.23. The van der Waals surface area contributed by atoms with E-state index in [9.17, 15) is 4.80 Å². The summed E-state index contributed by atoms with van der Waals surface area (Å²) >= 11 is 4.35. The summed E-state index contributed by atoms with van der Waals surface area (Å²) in [5.41, 5.74) is 0. The van der Waals surface area contributed by atoms with E-state index in [0.717, 1.165) is 31.9 Å². The molecule has 1 heterocycles. The summed E-state index contributed by atoms with van der Waals surface area (Å²) < 4.78 is 5.44. The van der Waals surface area contributed by atoms with Crippen LogP contribution in [0.2, 0.25) is 6.04 Å². The van der Waals surface area contributed by atoms with Gasteiger partial charge in [0.1, 0.15) is 0 Å². The Balaban J connectivity index is 2.49. The number of hydrogen-bond acceptors (Lipinski definition) is 3. The van der Waals surface area contributed by atoms with E-state index in [1.165, 1.54) is 0 Å². The molecule has 2 atom stereocenters. The molecule has 1 aliphatic heterocycles. The van der Waals surface area contributed by atoms with E-state index in [0.29, 0.717) is 0 Å². The molecule has 0 radical (unpaired) electrons. The molecule has 0 bridgehead atoms. The standard InChI is InChI=1S/C7H16O2SSi/c1-2-7(10)11(8)6-4-3-5-9-11/h7-8,10H,2-6H2,1H3. The van der Waals surface area contributed by atoms with Crippen LogP contribution < -0.4 is 0 Å². The molecule has 0 aliphatic carbocycles. The van der Waals surface area contributed by atoms with Gasteiger partial charge in [0.15, 0.2) is 0 Å². The molecule has 1 fully saturated rings. The second-order valence-corrected chi connectivity index (χ2v) is 7.36. The Morgan fingerprint density at radius 2 is 2.36 bits per heavy atom. The predicted octanol–water partition coefficient (Wildman–Crippen LogP) is 1.48. The number of thiol groups is 1. The van der Waals surface area contributed by atoms with E-state index in [-0.39, 0.29) is 4.87 Å². The van der Waals surface area contributed by atoms with Crippen LogP contribution in [0.1, 0.15) is 26.2 Å². The zero-order valence-electron chi connectivity index (χ0n) is 6.92. The molecule has 0 aromatic carbocycles. The topological polar surface area (TPSA) is 29.5 Å². The highest BCUT2D eigenvalue weighted by Crippen LogP contribution is 2.26. The molecule has 4 heteroatoms. The molecule has 1 saturated heterocycles. The van der Waals surface area contributed by atoms with Crippen molar-refractivity contribution in [3.8, 4) is 0 Å². The van der Waals surface area contributed by atoms with Gasteiger partial charge in [-0.25, -0.2) is 0 Å². The largest absolute Gasteiger partial charge is 0.410 e. The van der Waals surface area contributed by atoms with Gasteiger partial charge < -0.3 is 9.22 Å². The Kier molecular flexibility index (Phi) is 3.43. The quantitative estimate of drug-likeness (QED) is 0.513. The third-order valence-corrected chi connectivity index (χ3v) is 6.99. The third kappa shape index (κ3) is 2.21. The van der Waals surface area contributed by atoms with Crippen LogP contribution in [-0.4, -0.2) is 24.8 Å². The Bertz CT molecular complexity index is 126. The Labute approximate surface area is 74.6 Å². The number of hydrogen-bond donors (Lipinski definition) is 2. The molecular weight excluding hydrogens is 176 g/mol. The molecule has 0 amide bonds. The normalized spacial score (nSPS) is 35.2. The van der Waals surface area contributed by atoms with Crippen LogP contribution in [0.4, 0.5) is 0 Å². The van der Waals surface area contributed by atoms with Gasteiger partial charge in [0.2, 0.25) is 0 Å². The Morgan fingerprint density at radius 1 is 1.64 bits per heavy atom. The van der Waals surface area contributed by atoms with Crippen LogP contribution in [0.3, 0.4) is 0 Å². The SMILES string of the molecule is CCC(S)[Si]1(O)CCCCO1. The van der Waals surface area contributed by atoms with Crippen molar-refractivity contribution >= 4 is 21.2 Å². The maximum absolute atomic E-state index is 9.98. The van der Waals surface area contributed by atoms with Gasteiger partial charge in [-0.3, -0.25) is 0 Å². The van der Waals surface area contributed by atoms with E-state index in [1.807, 2.05) is 6.92 Å². The van der Waals surface area contributed by atoms with Crippen LogP contribution in [0.5, 0.6) is 0 Å². The van der Waals surface area contributed by atoms with Crippen LogP contribution in [-0.2, 0) is 4.43 Å². The lowest BCUT2D eigenvalue weighted by atomic mass is 10.4. The van der Waals surface area contributed by atoms with Gasteiger partial charge in [0, 0.05) is 11.5 Å². The Morgan fingerprint density at radius 3 is 2.82 bits per heavy atom. The summed E-state index contributed by atoms with van der Waals surface area (Å²) in [6, 6.07) is 0.870. The van der Waals surface area contributed by atoms with E-state index in [4.69, 9.17) is 4.43 Å². The molecule has 11 heavy (non-hydrogen) atoms. The van der Waals surface area contributed by atoms with Gasteiger partial charge in [0.25, 0.3) is 0 Å². The molecule has 2 unspecified atom stereocenters. The third-order valence-electron chi connectivity index (χ3n) is 2.19. The van der Waals surface area contributed by atoms with Crippen molar-refractivity contribution in [3.05, 3.63) is 0 Å². The zero-order valence-corrected chi connectivity index (χ0v) is 8.81. The summed E-state index contributed by atoms with van der Waals surface area (Å²) in [7, 11) is -2.38. The second-order valence-electron chi connectivity index (χ2n) is 3.07. The Hall–Kier alpha value is 0.487.